The fourth-order valence-corrected chi connectivity index (χ4v) is 4.28. The van der Waals surface area contributed by atoms with Gasteiger partial charge in [0.05, 0.1) is 16.5 Å². The Kier molecular flexibility index (Phi) is 7.79. The van der Waals surface area contributed by atoms with Gasteiger partial charge in [-0.1, -0.05) is 64.7 Å². The lowest BCUT2D eigenvalue weighted by Crippen LogP contribution is -2.16. The lowest BCUT2D eigenvalue weighted by molar-refractivity contribution is -0.113. The number of benzene rings is 2. The van der Waals surface area contributed by atoms with Gasteiger partial charge in [0.1, 0.15) is 5.82 Å². The Morgan fingerprint density at radius 2 is 2.00 bits per heavy atom. The molecule has 0 radical (unpaired) electrons. The molecule has 0 atom stereocenters. The predicted molar refractivity (Wildman–Crippen MR) is 124 cm³/mol. The Hall–Kier alpha value is -1.61. The number of amides is 1. The Morgan fingerprint density at radius 1 is 1.23 bits per heavy atom. The zero-order valence-corrected chi connectivity index (χ0v) is 20.0. The van der Waals surface area contributed by atoms with Gasteiger partial charge in [-0.15, -0.1) is 10.2 Å². The summed E-state index contributed by atoms with van der Waals surface area (Å²) in [5.41, 5.74) is 0.837. The van der Waals surface area contributed by atoms with E-state index in [1.54, 1.807) is 24.3 Å². The third-order valence-corrected chi connectivity index (χ3v) is 5.98. The van der Waals surface area contributed by atoms with Crippen LogP contribution in [0, 0.1) is 11.7 Å². The first-order valence-electron chi connectivity index (χ1n) is 9.01. The number of hydrogen-bond donors (Lipinski definition) is 1. The summed E-state index contributed by atoms with van der Waals surface area (Å²) in [5, 5.41) is 12.7. The summed E-state index contributed by atoms with van der Waals surface area (Å²) < 4.78 is 16.5. The smallest absolute Gasteiger partial charge is 0.234 e. The van der Waals surface area contributed by atoms with E-state index in [2.05, 4.69) is 45.3 Å². The molecule has 1 heterocycles. The molecule has 0 spiro atoms. The Balaban J connectivity index is 1.78. The molecule has 0 aliphatic rings. The van der Waals surface area contributed by atoms with Crippen LogP contribution in [0.15, 0.2) is 46.0 Å². The van der Waals surface area contributed by atoms with Gasteiger partial charge in [0.25, 0.3) is 0 Å². The van der Waals surface area contributed by atoms with Gasteiger partial charge in [0, 0.05) is 21.6 Å². The molecule has 1 aromatic heterocycles. The van der Waals surface area contributed by atoms with Crippen molar-refractivity contribution in [3.63, 3.8) is 0 Å². The molecule has 0 fully saturated rings. The molecule has 30 heavy (non-hydrogen) atoms. The number of carbonyl (C=O) groups excluding carboxylic acids is 1. The Morgan fingerprint density at radius 3 is 2.67 bits per heavy atom. The molecular formula is C20H18BrCl2FN4OS. The van der Waals surface area contributed by atoms with Gasteiger partial charge in [0.15, 0.2) is 11.0 Å². The number of anilines is 1. The largest absolute Gasteiger partial charge is 0.323 e. The molecule has 10 heteroatoms. The zero-order chi connectivity index (χ0) is 21.8. The van der Waals surface area contributed by atoms with E-state index in [0.29, 0.717) is 43.5 Å². The van der Waals surface area contributed by atoms with E-state index in [0.717, 1.165) is 0 Å². The Bertz CT molecular complexity index is 1080. The molecular weight excluding hydrogens is 514 g/mol. The van der Waals surface area contributed by atoms with E-state index in [1.807, 2.05) is 4.57 Å². The third-order valence-electron chi connectivity index (χ3n) is 3.97. The van der Waals surface area contributed by atoms with E-state index in [-0.39, 0.29) is 17.3 Å². The van der Waals surface area contributed by atoms with Crippen molar-refractivity contribution in [2.45, 2.75) is 25.5 Å². The van der Waals surface area contributed by atoms with Gasteiger partial charge in [-0.2, -0.15) is 0 Å². The summed E-state index contributed by atoms with van der Waals surface area (Å²) in [6, 6.07) is 9.65. The number of rotatable bonds is 7. The van der Waals surface area contributed by atoms with Crippen molar-refractivity contribution in [2.75, 3.05) is 11.1 Å². The highest BCUT2D eigenvalue weighted by Crippen LogP contribution is 2.32. The first-order valence-corrected chi connectivity index (χ1v) is 11.5. The monoisotopic (exact) mass is 530 g/mol. The predicted octanol–water partition coefficient (Wildman–Crippen LogP) is 6.54. The molecule has 0 bridgehead atoms. The highest BCUT2D eigenvalue weighted by molar-refractivity contribution is 9.10. The second-order valence-electron chi connectivity index (χ2n) is 6.90. The van der Waals surface area contributed by atoms with Crippen LogP contribution < -0.4 is 5.32 Å². The first-order chi connectivity index (χ1) is 14.2. The van der Waals surface area contributed by atoms with Crippen molar-refractivity contribution in [3.8, 4) is 11.4 Å². The molecule has 0 aliphatic carbocycles. The molecule has 0 unspecified atom stereocenters. The number of carbonyl (C=O) groups is 1. The Labute approximate surface area is 196 Å². The fourth-order valence-electron chi connectivity index (χ4n) is 2.70. The van der Waals surface area contributed by atoms with Gasteiger partial charge < -0.3 is 9.88 Å². The van der Waals surface area contributed by atoms with Crippen LogP contribution in [0.2, 0.25) is 10.0 Å². The van der Waals surface area contributed by atoms with Crippen LogP contribution in [0.1, 0.15) is 13.8 Å². The third kappa shape index (κ3) is 5.75. The van der Waals surface area contributed by atoms with E-state index in [9.17, 15) is 9.18 Å². The van der Waals surface area contributed by atoms with Crippen LogP contribution in [-0.2, 0) is 11.3 Å². The number of nitrogens with zero attached hydrogens (tertiary/aromatic N) is 3. The van der Waals surface area contributed by atoms with Crippen LogP contribution in [0.25, 0.3) is 11.4 Å². The second kappa shape index (κ2) is 10.1. The van der Waals surface area contributed by atoms with Crippen LogP contribution in [0.3, 0.4) is 0 Å². The van der Waals surface area contributed by atoms with Gasteiger partial charge in [-0.25, -0.2) is 4.39 Å². The van der Waals surface area contributed by atoms with Gasteiger partial charge in [0.2, 0.25) is 5.91 Å². The molecule has 1 amide bonds. The van der Waals surface area contributed by atoms with E-state index >= 15 is 0 Å². The molecule has 0 saturated heterocycles. The number of aromatic nitrogens is 3. The molecule has 2 aromatic carbocycles. The normalized spacial score (nSPS) is 11.2. The zero-order valence-electron chi connectivity index (χ0n) is 16.1. The summed E-state index contributed by atoms with van der Waals surface area (Å²) in [6.45, 7) is 4.79. The number of halogens is 4. The average Bonchev–Trinajstić information content (AvgIpc) is 3.04. The lowest BCUT2D eigenvalue weighted by Gasteiger charge is -2.13. The summed E-state index contributed by atoms with van der Waals surface area (Å²) in [4.78, 5) is 12.3. The summed E-state index contributed by atoms with van der Waals surface area (Å²) in [5.74, 6) is 0.125. The summed E-state index contributed by atoms with van der Waals surface area (Å²) in [7, 11) is 0. The number of thioether (sulfide) groups is 1. The van der Waals surface area contributed by atoms with E-state index < -0.39 is 5.82 Å². The molecule has 3 aromatic rings. The quantitative estimate of drug-likeness (QED) is 0.351. The fraction of sp³-hybridized carbons (Fsp3) is 0.250. The van der Waals surface area contributed by atoms with Crippen molar-refractivity contribution in [1.29, 1.82) is 0 Å². The maximum absolute atomic E-state index is 13.9. The molecule has 158 valence electrons. The van der Waals surface area contributed by atoms with Crippen molar-refractivity contribution >= 4 is 62.5 Å². The molecule has 1 N–H and O–H groups in total. The summed E-state index contributed by atoms with van der Waals surface area (Å²) in [6.07, 6.45) is 0. The van der Waals surface area contributed by atoms with Gasteiger partial charge >= 0.3 is 0 Å². The topological polar surface area (TPSA) is 59.8 Å². The number of nitrogens with one attached hydrogen (secondary N) is 1. The molecule has 3 rings (SSSR count). The van der Waals surface area contributed by atoms with Crippen LogP contribution in [-0.4, -0.2) is 26.4 Å². The highest BCUT2D eigenvalue weighted by atomic mass is 79.9. The van der Waals surface area contributed by atoms with Crippen molar-refractivity contribution in [2.24, 2.45) is 5.92 Å². The molecule has 0 aliphatic heterocycles. The minimum absolute atomic E-state index is 0.0556. The first kappa shape index (κ1) is 23.1. The van der Waals surface area contributed by atoms with E-state index in [4.69, 9.17) is 23.2 Å². The molecule has 0 saturated carbocycles. The van der Waals surface area contributed by atoms with Crippen molar-refractivity contribution < 1.29 is 9.18 Å². The average molecular weight is 532 g/mol. The van der Waals surface area contributed by atoms with Gasteiger partial charge in [-0.3, -0.25) is 4.79 Å². The minimum Gasteiger partial charge on any atom is -0.323 e. The van der Waals surface area contributed by atoms with Gasteiger partial charge in [-0.05, 0) is 42.3 Å². The standard InChI is InChI=1S/C20H18BrCl2FN4OS/c1-11(2)9-28-19(14-5-4-13(22)8-15(14)23)26-27-20(28)30-10-18(29)25-17-6-3-12(21)7-16(17)24/h3-8,11H,9-10H2,1-2H3,(H,25,29). The molecule has 5 nitrogen and oxygen atoms in total. The second-order valence-corrected chi connectivity index (χ2v) is 9.60. The maximum atomic E-state index is 13.9. The lowest BCUT2D eigenvalue weighted by atomic mass is 10.2. The SMILES string of the molecule is CC(C)Cn1c(SCC(=O)Nc2ccc(Br)cc2F)nnc1-c1ccc(Cl)cc1Cl. The van der Waals surface area contributed by atoms with Crippen LogP contribution in [0.5, 0.6) is 0 Å². The van der Waals surface area contributed by atoms with Crippen molar-refractivity contribution in [1.82, 2.24) is 14.8 Å². The van der Waals surface area contributed by atoms with Crippen LogP contribution in [0.4, 0.5) is 10.1 Å². The van der Waals surface area contributed by atoms with E-state index in [1.165, 1.54) is 23.9 Å². The minimum atomic E-state index is -0.509. The maximum Gasteiger partial charge on any atom is 0.234 e. The van der Waals surface area contributed by atoms with Crippen molar-refractivity contribution in [3.05, 3.63) is 56.7 Å². The highest BCUT2D eigenvalue weighted by Gasteiger charge is 2.19. The number of hydrogen-bond acceptors (Lipinski definition) is 4. The van der Waals surface area contributed by atoms with Crippen LogP contribution >= 0.6 is 50.9 Å². The summed E-state index contributed by atoms with van der Waals surface area (Å²) >= 11 is 16.8.